The summed E-state index contributed by atoms with van der Waals surface area (Å²) in [5, 5.41) is 0. The Morgan fingerprint density at radius 3 is 0.957 bits per heavy atom. The van der Waals surface area contributed by atoms with Crippen molar-refractivity contribution in [2.45, 2.75) is 258 Å². The Bertz CT molecular complexity index is 1420. The van der Waals surface area contributed by atoms with Crippen LogP contribution in [0, 0.1) is 0 Å². The molecule has 0 heterocycles. The van der Waals surface area contributed by atoms with Crippen molar-refractivity contribution in [2.75, 3.05) is 13.2 Å². The molecule has 0 aliphatic carbocycles. The molecule has 0 spiro atoms. The van der Waals surface area contributed by atoms with E-state index in [9.17, 15) is 14.4 Å². The van der Waals surface area contributed by atoms with Gasteiger partial charge in [0.15, 0.2) is 6.10 Å². The normalized spacial score (nSPS) is 12.9. The number of unbranched alkanes of at least 4 members (excludes halogenated alkanes) is 21. The van der Waals surface area contributed by atoms with Crippen LogP contribution in [0.25, 0.3) is 0 Å². The van der Waals surface area contributed by atoms with Crippen LogP contribution in [0.2, 0.25) is 0 Å². The molecule has 0 aromatic rings. The van der Waals surface area contributed by atoms with Crippen molar-refractivity contribution in [1.29, 1.82) is 0 Å². The Kier molecular flexibility index (Phi) is 53.4. The minimum absolute atomic E-state index is 0.0830. The summed E-state index contributed by atoms with van der Waals surface area (Å²) in [4.78, 5) is 37.8. The van der Waals surface area contributed by atoms with Crippen LogP contribution in [-0.4, -0.2) is 37.2 Å². The second-order valence-electron chi connectivity index (χ2n) is 18.5. The maximum Gasteiger partial charge on any atom is 0.306 e. The van der Waals surface area contributed by atoms with Crippen molar-refractivity contribution in [2.24, 2.45) is 0 Å². The van der Waals surface area contributed by atoms with Crippen LogP contribution in [0.1, 0.15) is 252 Å². The van der Waals surface area contributed by atoms with Gasteiger partial charge in [0.1, 0.15) is 13.2 Å². The molecule has 69 heavy (non-hydrogen) atoms. The standard InChI is InChI=1S/C63H104O6/c1-4-7-10-13-16-19-21-22-23-24-25-26-27-28-29-30-31-32-33-34-35-36-37-38-39-40-41-42-43-45-47-50-53-56-62(65)68-59-60(58-67-61(64)55-52-49-46-18-15-12-9-6-3)69-63(66)57-54-51-48-44-20-17-14-11-8-5-2/h7,10-11,14,16,19,22-23,25-26,28-29,31-32,34-35,37-38,60H,4-6,8-9,12-13,15,17-18,20-21,24,27,30,33,36,39-59H2,1-3H3/b10-7-,14-11-,19-16-,23-22-,26-25-,29-28-,32-31-,35-34-,38-37-. The van der Waals surface area contributed by atoms with E-state index in [1.165, 1.54) is 77.0 Å². The summed E-state index contributed by atoms with van der Waals surface area (Å²) < 4.78 is 16.7. The molecule has 0 amide bonds. The molecular weight excluding hydrogens is 853 g/mol. The molecule has 0 aliphatic rings. The van der Waals surface area contributed by atoms with E-state index in [2.05, 4.69) is 130 Å². The van der Waals surface area contributed by atoms with Crippen molar-refractivity contribution >= 4 is 17.9 Å². The van der Waals surface area contributed by atoms with Gasteiger partial charge in [-0.1, -0.05) is 239 Å². The second-order valence-corrected chi connectivity index (χ2v) is 18.5. The molecular formula is C63H104O6. The first kappa shape index (κ1) is 65.1. The summed E-state index contributed by atoms with van der Waals surface area (Å²) in [6.07, 6.45) is 76.8. The lowest BCUT2D eigenvalue weighted by atomic mass is 10.1. The van der Waals surface area contributed by atoms with Crippen molar-refractivity contribution < 1.29 is 28.6 Å². The predicted molar refractivity (Wildman–Crippen MR) is 297 cm³/mol. The van der Waals surface area contributed by atoms with E-state index in [0.717, 1.165) is 135 Å². The second kappa shape index (κ2) is 56.7. The van der Waals surface area contributed by atoms with Gasteiger partial charge in [0.2, 0.25) is 0 Å². The number of carbonyl (C=O) groups excluding carboxylic acids is 3. The monoisotopic (exact) mass is 957 g/mol. The van der Waals surface area contributed by atoms with Crippen LogP contribution in [0.15, 0.2) is 109 Å². The van der Waals surface area contributed by atoms with Gasteiger partial charge < -0.3 is 14.2 Å². The molecule has 0 saturated carbocycles. The van der Waals surface area contributed by atoms with Gasteiger partial charge in [-0.25, -0.2) is 0 Å². The van der Waals surface area contributed by atoms with Crippen molar-refractivity contribution in [3.8, 4) is 0 Å². The molecule has 6 nitrogen and oxygen atoms in total. The van der Waals surface area contributed by atoms with Crippen LogP contribution < -0.4 is 0 Å². The van der Waals surface area contributed by atoms with Crippen LogP contribution in [0.3, 0.4) is 0 Å². The fourth-order valence-corrected chi connectivity index (χ4v) is 7.52. The van der Waals surface area contributed by atoms with Crippen LogP contribution in [0.4, 0.5) is 0 Å². The van der Waals surface area contributed by atoms with Gasteiger partial charge in [0, 0.05) is 19.3 Å². The van der Waals surface area contributed by atoms with Crippen molar-refractivity contribution in [3.63, 3.8) is 0 Å². The average molecular weight is 958 g/mol. The van der Waals surface area contributed by atoms with Crippen molar-refractivity contribution in [3.05, 3.63) is 109 Å². The number of hydrogen-bond donors (Lipinski definition) is 0. The first-order valence-electron chi connectivity index (χ1n) is 28.4. The van der Waals surface area contributed by atoms with E-state index >= 15 is 0 Å². The number of hydrogen-bond acceptors (Lipinski definition) is 6. The molecule has 1 unspecified atom stereocenters. The van der Waals surface area contributed by atoms with Gasteiger partial charge >= 0.3 is 17.9 Å². The number of rotatable bonds is 50. The smallest absolute Gasteiger partial charge is 0.306 e. The Labute approximate surface area is 425 Å². The molecule has 0 aromatic carbocycles. The minimum atomic E-state index is -0.782. The maximum atomic E-state index is 12.7. The van der Waals surface area contributed by atoms with Gasteiger partial charge in [0.05, 0.1) is 0 Å². The summed E-state index contributed by atoms with van der Waals surface area (Å²) in [7, 11) is 0. The largest absolute Gasteiger partial charge is 0.462 e. The highest BCUT2D eigenvalue weighted by Crippen LogP contribution is 2.14. The molecule has 0 bridgehead atoms. The first-order valence-corrected chi connectivity index (χ1v) is 28.4. The summed E-state index contributed by atoms with van der Waals surface area (Å²) in [6.45, 7) is 6.41. The summed E-state index contributed by atoms with van der Waals surface area (Å²) in [5.41, 5.74) is 0. The number of ether oxygens (including phenoxy) is 3. The molecule has 0 saturated heterocycles. The zero-order valence-corrected chi connectivity index (χ0v) is 44.8. The minimum Gasteiger partial charge on any atom is -0.462 e. The third-order valence-electron chi connectivity index (χ3n) is 11.7. The molecule has 0 aliphatic heterocycles. The average Bonchev–Trinajstić information content (AvgIpc) is 3.35. The first-order chi connectivity index (χ1) is 34.0. The maximum absolute atomic E-state index is 12.7. The van der Waals surface area contributed by atoms with Gasteiger partial charge in [-0.3, -0.25) is 14.4 Å². The lowest BCUT2D eigenvalue weighted by Crippen LogP contribution is -2.30. The van der Waals surface area contributed by atoms with Gasteiger partial charge in [-0.05, 0) is 103 Å². The highest BCUT2D eigenvalue weighted by atomic mass is 16.6. The van der Waals surface area contributed by atoms with E-state index in [4.69, 9.17) is 14.2 Å². The highest BCUT2D eigenvalue weighted by Gasteiger charge is 2.19. The number of allylic oxidation sites excluding steroid dienone is 18. The van der Waals surface area contributed by atoms with E-state index in [1.807, 2.05) is 0 Å². The predicted octanol–water partition coefficient (Wildman–Crippen LogP) is 19.1. The Balaban J connectivity index is 4.10. The molecule has 0 N–H and O–H groups in total. The van der Waals surface area contributed by atoms with Gasteiger partial charge in [-0.15, -0.1) is 0 Å². The number of esters is 3. The topological polar surface area (TPSA) is 78.9 Å². The molecule has 0 aromatic heterocycles. The zero-order chi connectivity index (χ0) is 50.0. The SMILES string of the molecule is CC/C=C\C/C=C\C/C=C\C/C=C\C/C=C\C/C=C\C/C=C\C/C=C\CCCCCCCCCCC(=O)OCC(COC(=O)CCCCCCCCCC)OC(=O)CCCCCCC/C=C\CCC. The lowest BCUT2D eigenvalue weighted by Gasteiger charge is -2.18. The quantitative estimate of drug-likeness (QED) is 0.0262. The van der Waals surface area contributed by atoms with E-state index in [1.54, 1.807) is 0 Å². The molecule has 0 radical (unpaired) electrons. The summed E-state index contributed by atoms with van der Waals surface area (Å²) >= 11 is 0. The van der Waals surface area contributed by atoms with Gasteiger partial charge in [-0.2, -0.15) is 0 Å². The highest BCUT2D eigenvalue weighted by molar-refractivity contribution is 5.71. The van der Waals surface area contributed by atoms with E-state index in [-0.39, 0.29) is 31.1 Å². The number of carbonyl (C=O) groups is 3. The third-order valence-corrected chi connectivity index (χ3v) is 11.7. The van der Waals surface area contributed by atoms with Crippen LogP contribution >= 0.6 is 0 Å². The fraction of sp³-hybridized carbons (Fsp3) is 0.667. The van der Waals surface area contributed by atoms with Crippen molar-refractivity contribution in [1.82, 2.24) is 0 Å². The fourth-order valence-electron chi connectivity index (χ4n) is 7.52. The van der Waals surface area contributed by atoms with Gasteiger partial charge in [0.25, 0.3) is 0 Å². The molecule has 1 atom stereocenters. The third kappa shape index (κ3) is 54.9. The molecule has 0 fully saturated rings. The molecule has 0 rings (SSSR count). The summed E-state index contributed by atoms with van der Waals surface area (Å²) in [5.74, 6) is -0.910. The molecule has 392 valence electrons. The Hall–Kier alpha value is -3.93. The molecule has 6 heteroatoms. The van der Waals surface area contributed by atoms with E-state index in [0.29, 0.717) is 19.3 Å². The Morgan fingerprint density at radius 1 is 0.304 bits per heavy atom. The van der Waals surface area contributed by atoms with E-state index < -0.39 is 6.10 Å². The summed E-state index contributed by atoms with van der Waals surface area (Å²) in [6, 6.07) is 0. The lowest BCUT2D eigenvalue weighted by molar-refractivity contribution is -0.167. The van der Waals surface area contributed by atoms with Crippen LogP contribution in [0.5, 0.6) is 0 Å². The zero-order valence-electron chi connectivity index (χ0n) is 44.8. The Morgan fingerprint density at radius 2 is 0.594 bits per heavy atom. The van der Waals surface area contributed by atoms with Crippen LogP contribution in [-0.2, 0) is 28.6 Å².